The summed E-state index contributed by atoms with van der Waals surface area (Å²) >= 11 is 0. The molecule has 23 heavy (non-hydrogen) atoms. The first-order chi connectivity index (χ1) is 11.1. The fraction of sp³-hybridized carbons (Fsp3) is 0.235. The van der Waals surface area contributed by atoms with Crippen LogP contribution in [-0.4, -0.2) is 44.3 Å². The molecule has 0 unspecified atom stereocenters. The standard InChI is InChI=1S/C17H17N3O3/c21-16(19(12-17(22)23)14-7-8-14)9-6-13-10-18-20(11-13)15-4-2-1-3-5-15/h1-6,9-11,14H,7-8,12H2,(H,22,23). The Bertz CT molecular complexity index is 733. The molecule has 1 aliphatic carbocycles. The van der Waals surface area contributed by atoms with Gasteiger partial charge < -0.3 is 10.0 Å². The van der Waals surface area contributed by atoms with E-state index in [1.54, 1.807) is 17.0 Å². The number of carbonyl (C=O) groups is 2. The van der Waals surface area contributed by atoms with Gasteiger partial charge in [-0.05, 0) is 31.1 Å². The minimum atomic E-state index is -0.990. The molecule has 1 aromatic heterocycles. The fourth-order valence-corrected chi connectivity index (χ4v) is 2.33. The number of amides is 1. The molecule has 118 valence electrons. The van der Waals surface area contributed by atoms with Gasteiger partial charge in [-0.15, -0.1) is 0 Å². The summed E-state index contributed by atoms with van der Waals surface area (Å²) in [5.74, 6) is -1.27. The summed E-state index contributed by atoms with van der Waals surface area (Å²) in [5, 5.41) is 13.1. The van der Waals surface area contributed by atoms with Crippen LogP contribution in [0.2, 0.25) is 0 Å². The van der Waals surface area contributed by atoms with Gasteiger partial charge in [0.25, 0.3) is 0 Å². The average molecular weight is 311 g/mol. The maximum atomic E-state index is 12.2. The maximum absolute atomic E-state index is 12.2. The Hall–Kier alpha value is -2.89. The third-order valence-electron chi connectivity index (χ3n) is 3.62. The van der Waals surface area contributed by atoms with Crippen LogP contribution in [-0.2, 0) is 9.59 Å². The van der Waals surface area contributed by atoms with E-state index in [0.717, 1.165) is 24.1 Å². The van der Waals surface area contributed by atoms with Crippen LogP contribution in [0.25, 0.3) is 11.8 Å². The Morgan fingerprint density at radius 3 is 2.70 bits per heavy atom. The number of carbonyl (C=O) groups excluding carboxylic acids is 1. The molecule has 0 radical (unpaired) electrons. The number of carboxylic acid groups (broad SMARTS) is 1. The predicted octanol–water partition coefficient (Wildman–Crippen LogP) is 1.96. The number of aliphatic carboxylic acids is 1. The van der Waals surface area contributed by atoms with Crippen molar-refractivity contribution in [2.24, 2.45) is 0 Å². The Kier molecular flexibility index (Phi) is 4.23. The molecule has 0 atom stereocenters. The highest BCUT2D eigenvalue weighted by atomic mass is 16.4. The van der Waals surface area contributed by atoms with Crippen LogP contribution in [0.3, 0.4) is 0 Å². The summed E-state index contributed by atoms with van der Waals surface area (Å²) in [4.78, 5) is 24.4. The Morgan fingerprint density at radius 2 is 2.04 bits per heavy atom. The molecule has 1 heterocycles. The van der Waals surface area contributed by atoms with Gasteiger partial charge in [0, 0.05) is 23.9 Å². The van der Waals surface area contributed by atoms with Crippen molar-refractivity contribution in [1.82, 2.24) is 14.7 Å². The fourth-order valence-electron chi connectivity index (χ4n) is 2.33. The number of hydrogen-bond donors (Lipinski definition) is 1. The van der Waals surface area contributed by atoms with Crippen LogP contribution in [0.5, 0.6) is 0 Å². The van der Waals surface area contributed by atoms with Crippen LogP contribution in [0.4, 0.5) is 0 Å². The zero-order valence-corrected chi connectivity index (χ0v) is 12.5. The first-order valence-corrected chi connectivity index (χ1v) is 7.44. The molecule has 1 saturated carbocycles. The molecule has 0 spiro atoms. The SMILES string of the molecule is O=C(O)CN(C(=O)C=Cc1cnn(-c2ccccc2)c1)C1CC1. The summed E-state index contributed by atoms with van der Waals surface area (Å²) in [6, 6.07) is 9.72. The van der Waals surface area contributed by atoms with Crippen molar-refractivity contribution >= 4 is 18.0 Å². The van der Waals surface area contributed by atoms with E-state index < -0.39 is 5.97 Å². The lowest BCUT2D eigenvalue weighted by molar-refractivity contribution is -0.143. The molecule has 1 aliphatic rings. The third kappa shape index (κ3) is 3.85. The molecular formula is C17H17N3O3. The summed E-state index contributed by atoms with van der Waals surface area (Å²) < 4.78 is 1.72. The second-order valence-corrected chi connectivity index (χ2v) is 5.48. The van der Waals surface area contributed by atoms with E-state index in [1.165, 1.54) is 11.0 Å². The second kappa shape index (κ2) is 6.48. The van der Waals surface area contributed by atoms with Crippen LogP contribution in [0, 0.1) is 0 Å². The molecule has 6 nitrogen and oxygen atoms in total. The van der Waals surface area contributed by atoms with Crippen molar-refractivity contribution in [3.63, 3.8) is 0 Å². The summed E-state index contributed by atoms with van der Waals surface area (Å²) in [7, 11) is 0. The zero-order chi connectivity index (χ0) is 16.2. The van der Waals surface area contributed by atoms with Gasteiger partial charge in [0.1, 0.15) is 6.54 Å². The summed E-state index contributed by atoms with van der Waals surface area (Å²) in [6.45, 7) is -0.253. The highest BCUT2D eigenvalue weighted by Crippen LogP contribution is 2.26. The molecule has 1 amide bonds. The quantitative estimate of drug-likeness (QED) is 0.828. The van der Waals surface area contributed by atoms with Crippen molar-refractivity contribution in [1.29, 1.82) is 0 Å². The molecule has 1 fully saturated rings. The van der Waals surface area contributed by atoms with Gasteiger partial charge >= 0.3 is 5.97 Å². The van der Waals surface area contributed by atoms with Crippen molar-refractivity contribution in [2.75, 3.05) is 6.54 Å². The number of benzene rings is 1. The largest absolute Gasteiger partial charge is 0.480 e. The summed E-state index contributed by atoms with van der Waals surface area (Å²) in [5.41, 5.74) is 1.72. The highest BCUT2D eigenvalue weighted by Gasteiger charge is 2.32. The van der Waals surface area contributed by atoms with E-state index in [-0.39, 0.29) is 18.5 Å². The number of aromatic nitrogens is 2. The van der Waals surface area contributed by atoms with Crippen LogP contribution < -0.4 is 0 Å². The highest BCUT2D eigenvalue weighted by molar-refractivity contribution is 5.93. The monoisotopic (exact) mass is 311 g/mol. The molecule has 0 saturated heterocycles. The van der Waals surface area contributed by atoms with E-state index in [0.29, 0.717) is 0 Å². The molecule has 0 bridgehead atoms. The normalized spacial score (nSPS) is 14.1. The molecule has 2 aromatic rings. The van der Waals surface area contributed by atoms with E-state index in [4.69, 9.17) is 5.11 Å². The number of carboxylic acids is 1. The number of hydrogen-bond acceptors (Lipinski definition) is 3. The Labute approximate surface area is 133 Å². The minimum absolute atomic E-state index is 0.0651. The number of rotatable bonds is 6. The van der Waals surface area contributed by atoms with Gasteiger partial charge in [-0.3, -0.25) is 9.59 Å². The maximum Gasteiger partial charge on any atom is 0.323 e. The van der Waals surface area contributed by atoms with Crippen LogP contribution >= 0.6 is 0 Å². The van der Waals surface area contributed by atoms with Gasteiger partial charge in [-0.1, -0.05) is 18.2 Å². The van der Waals surface area contributed by atoms with Gasteiger partial charge in [0.15, 0.2) is 0 Å². The second-order valence-electron chi connectivity index (χ2n) is 5.48. The Balaban J connectivity index is 1.69. The van der Waals surface area contributed by atoms with E-state index in [2.05, 4.69) is 5.10 Å². The van der Waals surface area contributed by atoms with Crippen molar-refractivity contribution < 1.29 is 14.7 Å². The number of nitrogens with zero attached hydrogens (tertiary/aromatic N) is 3. The van der Waals surface area contributed by atoms with E-state index >= 15 is 0 Å². The molecular weight excluding hydrogens is 294 g/mol. The van der Waals surface area contributed by atoms with Crippen molar-refractivity contribution in [3.8, 4) is 5.69 Å². The minimum Gasteiger partial charge on any atom is -0.480 e. The van der Waals surface area contributed by atoms with Crippen molar-refractivity contribution in [3.05, 3.63) is 54.4 Å². The van der Waals surface area contributed by atoms with Crippen molar-refractivity contribution in [2.45, 2.75) is 18.9 Å². The molecule has 3 rings (SSSR count). The van der Waals surface area contributed by atoms with E-state index in [1.807, 2.05) is 36.5 Å². The smallest absolute Gasteiger partial charge is 0.323 e. The lowest BCUT2D eigenvalue weighted by Crippen LogP contribution is -2.36. The van der Waals surface area contributed by atoms with Gasteiger partial charge in [-0.25, -0.2) is 4.68 Å². The Morgan fingerprint density at radius 1 is 1.30 bits per heavy atom. The number of para-hydroxylation sites is 1. The predicted molar refractivity (Wildman–Crippen MR) is 85.0 cm³/mol. The van der Waals surface area contributed by atoms with Crippen LogP contribution in [0.1, 0.15) is 18.4 Å². The molecule has 1 aromatic carbocycles. The first-order valence-electron chi connectivity index (χ1n) is 7.44. The lowest BCUT2D eigenvalue weighted by atomic mass is 10.3. The molecule has 0 aliphatic heterocycles. The molecule has 1 N–H and O–H groups in total. The van der Waals surface area contributed by atoms with E-state index in [9.17, 15) is 9.59 Å². The van der Waals surface area contributed by atoms with Gasteiger partial charge in [-0.2, -0.15) is 5.10 Å². The third-order valence-corrected chi connectivity index (χ3v) is 3.62. The van der Waals surface area contributed by atoms with Gasteiger partial charge in [0.2, 0.25) is 5.91 Å². The zero-order valence-electron chi connectivity index (χ0n) is 12.5. The lowest BCUT2D eigenvalue weighted by Gasteiger charge is -2.17. The van der Waals surface area contributed by atoms with Gasteiger partial charge in [0.05, 0.1) is 11.9 Å². The average Bonchev–Trinajstić information content (AvgIpc) is 3.28. The molecule has 6 heteroatoms. The summed E-state index contributed by atoms with van der Waals surface area (Å²) in [6.07, 6.45) is 8.30. The van der Waals surface area contributed by atoms with Crippen LogP contribution in [0.15, 0.2) is 48.8 Å². The topological polar surface area (TPSA) is 75.4 Å². The first kappa shape index (κ1) is 15.0.